The van der Waals surface area contributed by atoms with E-state index in [0.717, 1.165) is 31.6 Å². The maximum atomic E-state index is 12.5. The summed E-state index contributed by atoms with van der Waals surface area (Å²) in [7, 11) is 1.96. The van der Waals surface area contributed by atoms with E-state index < -0.39 is 0 Å². The summed E-state index contributed by atoms with van der Waals surface area (Å²) < 4.78 is 0. The smallest absolute Gasteiger partial charge is 0.253 e. The van der Waals surface area contributed by atoms with E-state index in [4.69, 9.17) is 11.6 Å². The topological polar surface area (TPSA) is 32.3 Å². The van der Waals surface area contributed by atoms with E-state index >= 15 is 0 Å². The number of rotatable bonds is 3. The Morgan fingerprint density at radius 2 is 2.32 bits per heavy atom. The number of halogens is 1. The van der Waals surface area contributed by atoms with Gasteiger partial charge in [0.2, 0.25) is 0 Å². The summed E-state index contributed by atoms with van der Waals surface area (Å²) in [4.78, 5) is 14.4. The first kappa shape index (κ1) is 14.4. The lowest BCUT2D eigenvalue weighted by Gasteiger charge is -2.32. The van der Waals surface area contributed by atoms with Gasteiger partial charge in [0, 0.05) is 23.7 Å². The minimum Gasteiger partial charge on any atom is -0.338 e. The molecule has 1 atom stereocenters. The van der Waals surface area contributed by atoms with Crippen molar-refractivity contribution in [2.24, 2.45) is 5.92 Å². The maximum absolute atomic E-state index is 12.5. The minimum absolute atomic E-state index is 0.0997. The molecule has 1 saturated heterocycles. The number of likely N-dealkylation sites (tertiary alicyclic amines) is 1. The zero-order valence-corrected chi connectivity index (χ0v) is 12.3. The van der Waals surface area contributed by atoms with Crippen molar-refractivity contribution in [3.63, 3.8) is 0 Å². The molecule has 1 N–H and O–H groups in total. The Hall–Kier alpha value is -1.06. The molecule has 1 amide bonds. The Balaban J connectivity index is 2.08. The highest BCUT2D eigenvalue weighted by atomic mass is 35.5. The van der Waals surface area contributed by atoms with Crippen LogP contribution in [0.2, 0.25) is 5.02 Å². The molecule has 3 nitrogen and oxygen atoms in total. The Labute approximate surface area is 119 Å². The summed E-state index contributed by atoms with van der Waals surface area (Å²) in [5, 5.41) is 3.86. The molecule has 0 radical (unpaired) electrons. The number of nitrogens with one attached hydrogen (secondary N) is 1. The van der Waals surface area contributed by atoms with E-state index in [2.05, 4.69) is 5.32 Å². The molecule has 0 saturated carbocycles. The molecule has 1 aliphatic heterocycles. The summed E-state index contributed by atoms with van der Waals surface area (Å²) in [6.45, 7) is 4.61. The van der Waals surface area contributed by atoms with Crippen LogP contribution < -0.4 is 5.32 Å². The van der Waals surface area contributed by atoms with Gasteiger partial charge in [-0.3, -0.25) is 4.79 Å². The van der Waals surface area contributed by atoms with Gasteiger partial charge in [0.25, 0.3) is 5.91 Å². The Bertz CT molecular complexity index is 459. The predicted octanol–water partition coefficient (Wildman–Crippen LogP) is 2.72. The Morgan fingerprint density at radius 1 is 1.53 bits per heavy atom. The lowest BCUT2D eigenvalue weighted by molar-refractivity contribution is 0.0674. The summed E-state index contributed by atoms with van der Waals surface area (Å²) in [5.74, 6) is 0.659. The highest BCUT2D eigenvalue weighted by Crippen LogP contribution is 2.21. The van der Waals surface area contributed by atoms with Crippen LogP contribution in [0.1, 0.15) is 28.8 Å². The fourth-order valence-corrected chi connectivity index (χ4v) is 2.79. The Morgan fingerprint density at radius 3 is 3.00 bits per heavy atom. The molecule has 0 aromatic heterocycles. The van der Waals surface area contributed by atoms with Crippen LogP contribution in [0.5, 0.6) is 0 Å². The van der Waals surface area contributed by atoms with Crippen molar-refractivity contribution < 1.29 is 4.79 Å². The molecular weight excluding hydrogens is 260 g/mol. The lowest BCUT2D eigenvalue weighted by Crippen LogP contribution is -2.42. The van der Waals surface area contributed by atoms with Crippen molar-refractivity contribution >= 4 is 17.5 Å². The van der Waals surface area contributed by atoms with Crippen LogP contribution in [-0.4, -0.2) is 37.5 Å². The van der Waals surface area contributed by atoms with Crippen molar-refractivity contribution in [1.29, 1.82) is 0 Å². The monoisotopic (exact) mass is 280 g/mol. The highest BCUT2D eigenvalue weighted by Gasteiger charge is 2.24. The second kappa shape index (κ2) is 6.40. The molecular formula is C15H21ClN2O. The molecule has 0 unspecified atom stereocenters. The van der Waals surface area contributed by atoms with E-state index in [0.29, 0.717) is 16.5 Å². The van der Waals surface area contributed by atoms with Gasteiger partial charge >= 0.3 is 0 Å². The third kappa shape index (κ3) is 3.48. The molecule has 19 heavy (non-hydrogen) atoms. The summed E-state index contributed by atoms with van der Waals surface area (Å²) in [6.07, 6.45) is 2.27. The highest BCUT2D eigenvalue weighted by molar-refractivity contribution is 6.31. The Kier molecular flexibility index (Phi) is 4.83. The van der Waals surface area contributed by atoms with E-state index in [1.165, 1.54) is 6.42 Å². The van der Waals surface area contributed by atoms with Crippen LogP contribution in [0, 0.1) is 12.8 Å². The summed E-state index contributed by atoms with van der Waals surface area (Å²) in [5.41, 5.74) is 1.70. The number of hydrogen-bond donors (Lipinski definition) is 1. The number of carbonyl (C=O) groups excluding carboxylic acids is 1. The SMILES string of the molecule is CNC[C@@H]1CCCN(C(=O)c2ccc(C)c(Cl)c2)C1. The predicted molar refractivity (Wildman–Crippen MR) is 78.7 cm³/mol. The molecule has 0 aliphatic carbocycles. The van der Waals surface area contributed by atoms with E-state index in [1.807, 2.05) is 31.0 Å². The lowest BCUT2D eigenvalue weighted by atomic mass is 9.97. The van der Waals surface area contributed by atoms with Crippen molar-refractivity contribution in [1.82, 2.24) is 10.2 Å². The van der Waals surface area contributed by atoms with Crippen molar-refractivity contribution in [3.8, 4) is 0 Å². The second-order valence-corrected chi connectivity index (χ2v) is 5.69. The van der Waals surface area contributed by atoms with Gasteiger partial charge in [0.15, 0.2) is 0 Å². The number of benzene rings is 1. The molecule has 1 aromatic carbocycles. The first-order chi connectivity index (χ1) is 9.11. The number of piperidine rings is 1. The average molecular weight is 281 g/mol. The molecule has 104 valence electrons. The molecule has 0 bridgehead atoms. The number of hydrogen-bond acceptors (Lipinski definition) is 2. The first-order valence-corrected chi connectivity index (χ1v) is 7.19. The summed E-state index contributed by atoms with van der Waals surface area (Å²) >= 11 is 6.09. The van der Waals surface area contributed by atoms with Crippen molar-refractivity contribution in [2.75, 3.05) is 26.7 Å². The molecule has 1 heterocycles. The van der Waals surface area contributed by atoms with Gasteiger partial charge in [0.05, 0.1) is 0 Å². The zero-order valence-electron chi connectivity index (χ0n) is 11.6. The van der Waals surface area contributed by atoms with Crippen LogP contribution in [0.25, 0.3) is 0 Å². The quantitative estimate of drug-likeness (QED) is 0.923. The van der Waals surface area contributed by atoms with E-state index in [-0.39, 0.29) is 5.91 Å². The number of amides is 1. The number of nitrogens with zero attached hydrogens (tertiary/aromatic N) is 1. The van der Waals surface area contributed by atoms with Crippen LogP contribution in [-0.2, 0) is 0 Å². The maximum Gasteiger partial charge on any atom is 0.253 e. The fraction of sp³-hybridized carbons (Fsp3) is 0.533. The van der Waals surface area contributed by atoms with Gasteiger partial charge < -0.3 is 10.2 Å². The van der Waals surface area contributed by atoms with Crippen LogP contribution in [0.15, 0.2) is 18.2 Å². The van der Waals surface area contributed by atoms with Gasteiger partial charge in [-0.05, 0) is 57.0 Å². The average Bonchev–Trinajstić information content (AvgIpc) is 2.42. The standard InChI is InChI=1S/C15H21ClN2O/c1-11-5-6-13(8-14(11)16)15(19)18-7-3-4-12(10-18)9-17-2/h5-6,8,12,17H,3-4,7,9-10H2,1-2H3/t12-/m0/s1. The van der Waals surface area contributed by atoms with Crippen LogP contribution in [0.3, 0.4) is 0 Å². The van der Waals surface area contributed by atoms with Gasteiger partial charge in [-0.2, -0.15) is 0 Å². The molecule has 0 spiro atoms. The molecule has 1 aromatic rings. The fourth-order valence-electron chi connectivity index (χ4n) is 2.61. The first-order valence-electron chi connectivity index (χ1n) is 6.82. The number of carbonyl (C=O) groups is 1. The largest absolute Gasteiger partial charge is 0.338 e. The van der Waals surface area contributed by atoms with Gasteiger partial charge in [-0.15, -0.1) is 0 Å². The van der Waals surface area contributed by atoms with Gasteiger partial charge in [-0.1, -0.05) is 17.7 Å². The van der Waals surface area contributed by atoms with Crippen LogP contribution >= 0.6 is 11.6 Å². The third-order valence-corrected chi connectivity index (χ3v) is 4.12. The van der Waals surface area contributed by atoms with Gasteiger partial charge in [-0.25, -0.2) is 0 Å². The number of aryl methyl sites for hydroxylation is 1. The van der Waals surface area contributed by atoms with Crippen molar-refractivity contribution in [3.05, 3.63) is 34.3 Å². The minimum atomic E-state index is 0.0997. The van der Waals surface area contributed by atoms with E-state index in [9.17, 15) is 4.79 Å². The molecule has 2 rings (SSSR count). The van der Waals surface area contributed by atoms with Gasteiger partial charge in [0.1, 0.15) is 0 Å². The van der Waals surface area contributed by atoms with E-state index in [1.54, 1.807) is 6.07 Å². The molecule has 1 aliphatic rings. The second-order valence-electron chi connectivity index (χ2n) is 5.28. The zero-order chi connectivity index (χ0) is 13.8. The van der Waals surface area contributed by atoms with Crippen molar-refractivity contribution in [2.45, 2.75) is 19.8 Å². The molecule has 4 heteroatoms. The van der Waals surface area contributed by atoms with Crippen LogP contribution in [0.4, 0.5) is 0 Å². The summed E-state index contributed by atoms with van der Waals surface area (Å²) in [6, 6.07) is 5.55. The normalized spacial score (nSPS) is 19.5. The molecule has 1 fully saturated rings. The third-order valence-electron chi connectivity index (χ3n) is 3.72.